The fraction of sp³-hybridized carbons (Fsp3) is 0. The maximum absolute atomic E-state index is 11.4. The molecule has 0 aliphatic heterocycles. The van der Waals surface area contributed by atoms with Gasteiger partial charge in [-0.15, -0.1) is 11.3 Å². The van der Waals surface area contributed by atoms with E-state index in [0.717, 1.165) is 11.3 Å². The standard InChI is InChI=1S/C12H9N7OS/c13-1-4-6(5-2-17-3-18-5)7-8(14)9(11(16)20)21-12(7)19-10(4)15/h2-3H,14H2,(H2,15,19)(H2,16,20)(H,17,18). The van der Waals surface area contributed by atoms with E-state index in [1.165, 1.54) is 12.5 Å². The van der Waals surface area contributed by atoms with Crippen molar-refractivity contribution in [2.75, 3.05) is 11.5 Å². The number of carbonyl (C=O) groups excluding carboxylic acids is 1. The van der Waals surface area contributed by atoms with E-state index in [1.807, 2.05) is 6.07 Å². The van der Waals surface area contributed by atoms with Crippen LogP contribution in [0.15, 0.2) is 12.5 Å². The fourth-order valence-corrected chi connectivity index (χ4v) is 3.09. The maximum atomic E-state index is 11.4. The number of imidazole rings is 1. The highest BCUT2D eigenvalue weighted by Crippen LogP contribution is 2.41. The highest BCUT2D eigenvalue weighted by molar-refractivity contribution is 7.21. The Morgan fingerprint density at radius 1 is 1.43 bits per heavy atom. The molecule has 0 aliphatic carbocycles. The van der Waals surface area contributed by atoms with Crippen LogP contribution in [0.1, 0.15) is 15.2 Å². The van der Waals surface area contributed by atoms with Gasteiger partial charge >= 0.3 is 0 Å². The summed E-state index contributed by atoms with van der Waals surface area (Å²) in [4.78, 5) is 23.0. The van der Waals surface area contributed by atoms with Crippen LogP contribution in [0.2, 0.25) is 0 Å². The smallest absolute Gasteiger partial charge is 0.260 e. The van der Waals surface area contributed by atoms with Crippen LogP contribution in [-0.4, -0.2) is 20.9 Å². The van der Waals surface area contributed by atoms with Crippen LogP contribution in [0.25, 0.3) is 21.5 Å². The quantitative estimate of drug-likeness (QED) is 0.547. The van der Waals surface area contributed by atoms with Gasteiger partial charge in [0.2, 0.25) is 0 Å². The number of aromatic nitrogens is 3. The average Bonchev–Trinajstić information content (AvgIpc) is 3.06. The van der Waals surface area contributed by atoms with Gasteiger partial charge in [-0.1, -0.05) is 0 Å². The molecule has 3 heterocycles. The molecule has 0 saturated heterocycles. The Bertz CT molecular complexity index is 904. The number of nitriles is 1. The third kappa shape index (κ3) is 1.78. The predicted octanol–water partition coefficient (Wildman–Crippen LogP) is 0.821. The molecule has 8 nitrogen and oxygen atoms in total. The van der Waals surface area contributed by atoms with Crippen molar-refractivity contribution in [2.24, 2.45) is 5.73 Å². The minimum Gasteiger partial charge on any atom is -0.397 e. The maximum Gasteiger partial charge on any atom is 0.260 e. The molecular weight excluding hydrogens is 290 g/mol. The number of nitrogens with one attached hydrogen (secondary N) is 1. The fourth-order valence-electron chi connectivity index (χ4n) is 2.13. The van der Waals surface area contributed by atoms with E-state index in [0.29, 0.717) is 21.5 Å². The summed E-state index contributed by atoms with van der Waals surface area (Å²) in [6.07, 6.45) is 3.01. The number of hydrogen-bond acceptors (Lipinski definition) is 7. The van der Waals surface area contributed by atoms with Gasteiger partial charge < -0.3 is 22.2 Å². The van der Waals surface area contributed by atoms with Crippen LogP contribution in [-0.2, 0) is 0 Å². The predicted molar refractivity (Wildman–Crippen MR) is 79.3 cm³/mol. The van der Waals surface area contributed by atoms with E-state index in [4.69, 9.17) is 17.2 Å². The first-order chi connectivity index (χ1) is 10.0. The van der Waals surface area contributed by atoms with E-state index >= 15 is 0 Å². The van der Waals surface area contributed by atoms with Crippen molar-refractivity contribution in [1.82, 2.24) is 15.0 Å². The third-order valence-corrected chi connectivity index (χ3v) is 4.12. The normalized spacial score (nSPS) is 10.6. The monoisotopic (exact) mass is 299 g/mol. The summed E-state index contributed by atoms with van der Waals surface area (Å²) < 4.78 is 0. The van der Waals surface area contributed by atoms with Crippen molar-refractivity contribution < 1.29 is 4.79 Å². The lowest BCUT2D eigenvalue weighted by Crippen LogP contribution is -2.10. The number of nitrogens with two attached hydrogens (primary N) is 3. The molecular formula is C12H9N7OS. The molecule has 0 atom stereocenters. The number of hydrogen-bond donors (Lipinski definition) is 4. The van der Waals surface area contributed by atoms with E-state index in [2.05, 4.69) is 15.0 Å². The zero-order chi connectivity index (χ0) is 15.1. The van der Waals surface area contributed by atoms with Gasteiger partial charge in [0.15, 0.2) is 0 Å². The number of pyridine rings is 1. The summed E-state index contributed by atoms with van der Waals surface area (Å²) >= 11 is 1.04. The second-order valence-corrected chi connectivity index (χ2v) is 5.21. The Balaban J connectivity index is 2.52. The summed E-state index contributed by atoms with van der Waals surface area (Å²) in [5, 5.41) is 9.81. The lowest BCUT2D eigenvalue weighted by molar-refractivity contribution is 0.100. The molecule has 3 aromatic rings. The second-order valence-electron chi connectivity index (χ2n) is 4.21. The van der Waals surface area contributed by atoms with Gasteiger partial charge in [0.05, 0.1) is 23.9 Å². The van der Waals surface area contributed by atoms with Gasteiger partial charge in [-0.2, -0.15) is 5.26 Å². The lowest BCUT2D eigenvalue weighted by atomic mass is 10.0. The number of H-pyrrole nitrogens is 1. The highest BCUT2D eigenvalue weighted by atomic mass is 32.1. The van der Waals surface area contributed by atoms with Crippen molar-refractivity contribution in [2.45, 2.75) is 0 Å². The number of nitrogen functional groups attached to an aromatic ring is 2. The molecule has 21 heavy (non-hydrogen) atoms. The van der Waals surface area contributed by atoms with E-state index < -0.39 is 5.91 Å². The summed E-state index contributed by atoms with van der Waals surface area (Å²) in [5.74, 6) is -0.588. The van der Waals surface area contributed by atoms with Crippen molar-refractivity contribution >= 4 is 39.0 Å². The second kappa shape index (κ2) is 4.46. The lowest BCUT2D eigenvalue weighted by Gasteiger charge is -2.07. The first-order valence-electron chi connectivity index (χ1n) is 5.74. The molecule has 0 bridgehead atoms. The minimum atomic E-state index is -0.650. The molecule has 0 aliphatic rings. The molecule has 1 amide bonds. The van der Waals surface area contributed by atoms with E-state index in [9.17, 15) is 10.1 Å². The molecule has 0 radical (unpaired) electrons. The molecule has 9 heteroatoms. The number of fused-ring (bicyclic) bond motifs is 1. The van der Waals surface area contributed by atoms with Gasteiger partial charge in [0.25, 0.3) is 5.91 Å². The van der Waals surface area contributed by atoms with Crippen LogP contribution in [0.4, 0.5) is 11.5 Å². The first-order valence-corrected chi connectivity index (χ1v) is 6.56. The molecule has 3 aromatic heterocycles. The highest BCUT2D eigenvalue weighted by Gasteiger charge is 2.23. The van der Waals surface area contributed by atoms with E-state index in [-0.39, 0.29) is 21.9 Å². The van der Waals surface area contributed by atoms with Gasteiger partial charge in [-0.05, 0) is 0 Å². The Kier molecular flexibility index (Phi) is 2.74. The number of thiophene rings is 1. The average molecular weight is 299 g/mol. The van der Waals surface area contributed by atoms with Crippen LogP contribution in [0, 0.1) is 11.3 Å². The van der Waals surface area contributed by atoms with Gasteiger partial charge in [-0.25, -0.2) is 9.97 Å². The van der Waals surface area contributed by atoms with Crippen molar-refractivity contribution in [3.8, 4) is 17.3 Å². The summed E-state index contributed by atoms with van der Waals surface area (Å²) in [7, 11) is 0. The van der Waals surface area contributed by atoms with Crippen LogP contribution in [0.3, 0.4) is 0 Å². The number of primary amides is 1. The molecule has 0 fully saturated rings. The first kappa shape index (κ1) is 12.9. The number of aromatic amines is 1. The Labute approximate surface area is 122 Å². The third-order valence-electron chi connectivity index (χ3n) is 3.01. The van der Waals surface area contributed by atoms with E-state index in [1.54, 1.807) is 0 Å². The summed E-state index contributed by atoms with van der Waals surface area (Å²) in [5.41, 5.74) is 18.5. The minimum absolute atomic E-state index is 0.0619. The van der Waals surface area contributed by atoms with Crippen LogP contribution >= 0.6 is 11.3 Å². The number of carbonyl (C=O) groups is 1. The summed E-state index contributed by atoms with van der Waals surface area (Å²) in [6, 6.07) is 2.01. The van der Waals surface area contributed by atoms with Crippen LogP contribution in [0.5, 0.6) is 0 Å². The summed E-state index contributed by atoms with van der Waals surface area (Å²) in [6.45, 7) is 0. The van der Waals surface area contributed by atoms with Crippen molar-refractivity contribution in [3.63, 3.8) is 0 Å². The number of nitrogens with zero attached hydrogens (tertiary/aromatic N) is 3. The Morgan fingerprint density at radius 2 is 2.19 bits per heavy atom. The zero-order valence-electron chi connectivity index (χ0n) is 10.5. The number of amides is 1. The largest absolute Gasteiger partial charge is 0.397 e. The number of anilines is 2. The molecule has 7 N–H and O–H groups in total. The van der Waals surface area contributed by atoms with Gasteiger partial charge in [-0.3, -0.25) is 4.79 Å². The van der Waals surface area contributed by atoms with Gasteiger partial charge in [0, 0.05) is 10.9 Å². The van der Waals surface area contributed by atoms with Crippen molar-refractivity contribution in [1.29, 1.82) is 5.26 Å². The Hall–Kier alpha value is -3.12. The van der Waals surface area contributed by atoms with Crippen molar-refractivity contribution in [3.05, 3.63) is 23.0 Å². The molecule has 104 valence electrons. The van der Waals surface area contributed by atoms with Gasteiger partial charge in [0.1, 0.15) is 27.2 Å². The molecule has 0 spiro atoms. The molecule has 3 rings (SSSR count). The number of rotatable bonds is 2. The topological polar surface area (TPSA) is 160 Å². The molecule has 0 aromatic carbocycles. The molecule has 0 unspecified atom stereocenters. The zero-order valence-corrected chi connectivity index (χ0v) is 11.4. The Morgan fingerprint density at radius 3 is 2.76 bits per heavy atom. The van der Waals surface area contributed by atoms with Crippen LogP contribution < -0.4 is 17.2 Å². The SMILES string of the molecule is N#Cc1c(N)nc2sc(C(N)=O)c(N)c2c1-c1cnc[nH]1. The molecule has 0 saturated carbocycles.